The third-order valence-corrected chi connectivity index (χ3v) is 5.67. The standard InChI is InChI=1S/C19H22ClN3OS/c20-16-5-1-2-6-17(16)25-12-8-19(24)22-14-15-7-9-21-18(13-15)23-10-3-4-11-23/h1-2,5-7,9,13H,3-4,8,10-12,14H2,(H,22,24). The predicted octanol–water partition coefficient (Wildman–Crippen LogP) is 4.13. The van der Waals surface area contributed by atoms with Crippen molar-refractivity contribution in [1.29, 1.82) is 0 Å². The van der Waals surface area contributed by atoms with E-state index < -0.39 is 0 Å². The number of thioether (sulfide) groups is 1. The van der Waals surface area contributed by atoms with Gasteiger partial charge in [-0.25, -0.2) is 4.98 Å². The highest BCUT2D eigenvalue weighted by Crippen LogP contribution is 2.26. The van der Waals surface area contributed by atoms with Gasteiger partial charge in [-0.15, -0.1) is 11.8 Å². The van der Waals surface area contributed by atoms with Crippen LogP contribution in [0.3, 0.4) is 0 Å². The first-order valence-corrected chi connectivity index (χ1v) is 9.92. The third kappa shape index (κ3) is 5.38. The number of amides is 1. The molecule has 2 heterocycles. The van der Waals surface area contributed by atoms with Gasteiger partial charge in [0.15, 0.2) is 0 Å². The van der Waals surface area contributed by atoms with Crippen molar-refractivity contribution in [2.24, 2.45) is 0 Å². The highest BCUT2D eigenvalue weighted by atomic mass is 35.5. The first-order valence-electron chi connectivity index (χ1n) is 8.56. The first kappa shape index (κ1) is 18.1. The molecule has 3 rings (SSSR count). The molecule has 0 unspecified atom stereocenters. The quantitative estimate of drug-likeness (QED) is 0.739. The Morgan fingerprint density at radius 1 is 1.24 bits per heavy atom. The fraction of sp³-hybridized carbons (Fsp3) is 0.368. The summed E-state index contributed by atoms with van der Waals surface area (Å²) >= 11 is 7.72. The minimum absolute atomic E-state index is 0.0547. The van der Waals surface area contributed by atoms with E-state index in [4.69, 9.17) is 11.6 Å². The van der Waals surface area contributed by atoms with E-state index in [9.17, 15) is 4.79 Å². The van der Waals surface area contributed by atoms with Crippen LogP contribution in [0.4, 0.5) is 5.82 Å². The maximum Gasteiger partial charge on any atom is 0.221 e. The largest absolute Gasteiger partial charge is 0.357 e. The summed E-state index contributed by atoms with van der Waals surface area (Å²) in [6.07, 6.45) is 4.75. The molecule has 0 radical (unpaired) electrons. The van der Waals surface area contributed by atoms with Crippen molar-refractivity contribution in [3.05, 3.63) is 53.2 Å². The Balaban J connectivity index is 1.43. The van der Waals surface area contributed by atoms with E-state index in [1.165, 1.54) is 12.8 Å². The molecule has 25 heavy (non-hydrogen) atoms. The summed E-state index contributed by atoms with van der Waals surface area (Å²) in [5.41, 5.74) is 1.09. The molecule has 1 saturated heterocycles. The molecule has 1 aliphatic rings. The van der Waals surface area contributed by atoms with Gasteiger partial charge in [0.05, 0.1) is 5.02 Å². The zero-order valence-corrected chi connectivity index (χ0v) is 15.7. The van der Waals surface area contributed by atoms with Crippen molar-refractivity contribution >= 4 is 35.1 Å². The molecule has 1 amide bonds. The number of halogens is 1. The molecule has 1 aromatic heterocycles. The summed E-state index contributed by atoms with van der Waals surface area (Å²) in [6, 6.07) is 11.7. The first-order chi connectivity index (χ1) is 12.2. The molecule has 2 aromatic rings. The number of nitrogens with one attached hydrogen (secondary N) is 1. The predicted molar refractivity (Wildman–Crippen MR) is 104 cm³/mol. The Morgan fingerprint density at radius 3 is 2.84 bits per heavy atom. The van der Waals surface area contributed by atoms with E-state index >= 15 is 0 Å². The molecular weight excluding hydrogens is 354 g/mol. The maximum atomic E-state index is 12.0. The molecule has 1 N–H and O–H groups in total. The van der Waals surface area contributed by atoms with Gasteiger partial charge in [-0.2, -0.15) is 0 Å². The van der Waals surface area contributed by atoms with Gasteiger partial charge >= 0.3 is 0 Å². The van der Waals surface area contributed by atoms with Gasteiger partial charge in [0.1, 0.15) is 5.82 Å². The average Bonchev–Trinajstić information content (AvgIpc) is 3.17. The number of aromatic nitrogens is 1. The molecule has 0 bridgehead atoms. The highest BCUT2D eigenvalue weighted by molar-refractivity contribution is 7.99. The second-order valence-corrected chi connectivity index (χ2v) is 7.57. The highest BCUT2D eigenvalue weighted by Gasteiger charge is 2.13. The Morgan fingerprint density at radius 2 is 2.04 bits per heavy atom. The average molecular weight is 376 g/mol. The lowest BCUT2D eigenvalue weighted by Crippen LogP contribution is -2.24. The fourth-order valence-electron chi connectivity index (χ4n) is 2.79. The summed E-state index contributed by atoms with van der Waals surface area (Å²) < 4.78 is 0. The number of rotatable bonds is 7. The SMILES string of the molecule is O=C(CCSc1ccccc1Cl)NCc1ccnc(N2CCCC2)c1. The lowest BCUT2D eigenvalue weighted by atomic mass is 10.2. The molecule has 132 valence electrons. The molecule has 4 nitrogen and oxygen atoms in total. The van der Waals surface area contributed by atoms with E-state index in [0.717, 1.165) is 34.4 Å². The number of carbonyl (C=O) groups excluding carboxylic acids is 1. The number of benzene rings is 1. The molecule has 1 aliphatic heterocycles. The summed E-state index contributed by atoms with van der Waals surface area (Å²) in [7, 11) is 0. The molecule has 0 saturated carbocycles. The number of anilines is 1. The van der Waals surface area contributed by atoms with Crippen LogP contribution in [0.2, 0.25) is 5.02 Å². The van der Waals surface area contributed by atoms with E-state index in [-0.39, 0.29) is 5.91 Å². The van der Waals surface area contributed by atoms with Gasteiger partial charge in [-0.1, -0.05) is 23.7 Å². The van der Waals surface area contributed by atoms with Gasteiger partial charge in [0, 0.05) is 42.9 Å². The fourth-order valence-corrected chi connectivity index (χ4v) is 3.98. The lowest BCUT2D eigenvalue weighted by Gasteiger charge is -2.17. The van der Waals surface area contributed by atoms with Gasteiger partial charge in [0.25, 0.3) is 0 Å². The van der Waals surface area contributed by atoms with E-state index in [1.807, 2.05) is 36.5 Å². The zero-order valence-electron chi connectivity index (χ0n) is 14.1. The van der Waals surface area contributed by atoms with Gasteiger partial charge in [0.2, 0.25) is 5.91 Å². The number of nitrogens with zero attached hydrogens (tertiary/aromatic N) is 2. The van der Waals surface area contributed by atoms with Crippen molar-refractivity contribution < 1.29 is 4.79 Å². The van der Waals surface area contributed by atoms with Crippen molar-refractivity contribution in [2.45, 2.75) is 30.7 Å². The normalized spacial score (nSPS) is 13.9. The van der Waals surface area contributed by atoms with Crippen molar-refractivity contribution in [1.82, 2.24) is 10.3 Å². The van der Waals surface area contributed by atoms with Crippen LogP contribution < -0.4 is 10.2 Å². The van der Waals surface area contributed by atoms with Crippen LogP contribution >= 0.6 is 23.4 Å². The Labute approximate surface area is 158 Å². The van der Waals surface area contributed by atoms with Gasteiger partial charge in [-0.05, 0) is 42.7 Å². The zero-order chi connectivity index (χ0) is 17.5. The summed E-state index contributed by atoms with van der Waals surface area (Å²) in [6.45, 7) is 2.68. The molecule has 1 aromatic carbocycles. The van der Waals surface area contributed by atoms with E-state index in [1.54, 1.807) is 11.8 Å². The number of hydrogen-bond acceptors (Lipinski definition) is 4. The van der Waals surface area contributed by atoms with E-state index in [2.05, 4.69) is 21.3 Å². The van der Waals surface area contributed by atoms with Crippen LogP contribution in [0.5, 0.6) is 0 Å². The molecule has 6 heteroatoms. The Hall–Kier alpha value is -1.72. The van der Waals surface area contributed by atoms with Crippen LogP contribution in [0.15, 0.2) is 47.5 Å². The molecule has 1 fully saturated rings. The van der Waals surface area contributed by atoms with Crippen LogP contribution in [-0.4, -0.2) is 29.7 Å². The summed E-state index contributed by atoms with van der Waals surface area (Å²) in [4.78, 5) is 19.8. The van der Waals surface area contributed by atoms with Crippen LogP contribution in [-0.2, 0) is 11.3 Å². The Bertz CT molecular complexity index is 719. The van der Waals surface area contributed by atoms with Gasteiger partial charge in [-0.3, -0.25) is 4.79 Å². The lowest BCUT2D eigenvalue weighted by molar-refractivity contribution is -0.120. The third-order valence-electron chi connectivity index (χ3n) is 4.15. The second kappa shape index (κ2) is 9.11. The molecule has 0 spiro atoms. The maximum absolute atomic E-state index is 12.0. The monoisotopic (exact) mass is 375 g/mol. The van der Waals surface area contributed by atoms with Crippen LogP contribution in [0, 0.1) is 0 Å². The van der Waals surface area contributed by atoms with Crippen molar-refractivity contribution in [3.63, 3.8) is 0 Å². The van der Waals surface area contributed by atoms with Gasteiger partial charge < -0.3 is 10.2 Å². The smallest absolute Gasteiger partial charge is 0.221 e. The minimum atomic E-state index is 0.0547. The Kier molecular flexibility index (Phi) is 6.59. The minimum Gasteiger partial charge on any atom is -0.357 e. The van der Waals surface area contributed by atoms with E-state index in [0.29, 0.717) is 18.7 Å². The molecule has 0 aliphatic carbocycles. The van der Waals surface area contributed by atoms with Crippen molar-refractivity contribution in [2.75, 3.05) is 23.7 Å². The molecule has 0 atom stereocenters. The summed E-state index contributed by atoms with van der Waals surface area (Å²) in [5, 5.41) is 3.72. The summed E-state index contributed by atoms with van der Waals surface area (Å²) in [5.74, 6) is 1.78. The van der Waals surface area contributed by atoms with Crippen molar-refractivity contribution in [3.8, 4) is 0 Å². The van der Waals surface area contributed by atoms with Crippen LogP contribution in [0.25, 0.3) is 0 Å². The number of hydrogen-bond donors (Lipinski definition) is 1. The van der Waals surface area contributed by atoms with Crippen LogP contribution in [0.1, 0.15) is 24.8 Å². The topological polar surface area (TPSA) is 45.2 Å². The number of carbonyl (C=O) groups is 1. The molecular formula is C19H22ClN3OS. The second-order valence-electron chi connectivity index (χ2n) is 6.02. The number of pyridine rings is 1.